The number of nitrogens with zero attached hydrogens (tertiary/aromatic N) is 2. The molecule has 3 aromatic carbocycles. The normalized spacial score (nSPS) is 15.4. The average molecular weight is 525 g/mol. The number of fused-ring (bicyclic) bond motifs is 1. The molecule has 0 aliphatic carbocycles. The molecule has 1 N–H and O–H groups in total. The summed E-state index contributed by atoms with van der Waals surface area (Å²) in [7, 11) is 1.53. The third-order valence-corrected chi connectivity index (χ3v) is 7.51. The first-order valence-corrected chi connectivity index (χ1v) is 13.1. The number of rotatable bonds is 8. The minimum Gasteiger partial charge on any atom is -0.503 e. The largest absolute Gasteiger partial charge is 0.503 e. The summed E-state index contributed by atoms with van der Waals surface area (Å²) in [5.74, 6) is -1.25. The molecule has 0 spiro atoms. The highest BCUT2D eigenvalue weighted by atomic mass is 16.5. The quantitative estimate of drug-likeness (QED) is 0.259. The molecule has 2 heterocycles. The van der Waals surface area contributed by atoms with Crippen molar-refractivity contribution in [2.24, 2.45) is 0 Å². The van der Waals surface area contributed by atoms with Crippen molar-refractivity contribution in [2.45, 2.75) is 33.7 Å². The van der Waals surface area contributed by atoms with E-state index in [0.29, 0.717) is 28.0 Å². The second kappa shape index (κ2) is 10.3. The van der Waals surface area contributed by atoms with Crippen LogP contribution in [0.3, 0.4) is 0 Å². The van der Waals surface area contributed by atoms with Gasteiger partial charge in [0.25, 0.3) is 5.91 Å². The summed E-state index contributed by atoms with van der Waals surface area (Å²) >= 11 is 0. The van der Waals surface area contributed by atoms with Crippen LogP contribution in [0.4, 0.5) is 11.4 Å². The zero-order valence-electron chi connectivity index (χ0n) is 22.8. The highest BCUT2D eigenvalue weighted by molar-refractivity contribution is 6.20. The highest BCUT2D eigenvalue weighted by Gasteiger charge is 2.45. The summed E-state index contributed by atoms with van der Waals surface area (Å²) < 4.78 is 11.3. The molecular formula is C32H32N2O5. The molecule has 1 aliphatic heterocycles. The number of carbonyl (C=O) groups excluding carboxylic acids is 2. The van der Waals surface area contributed by atoms with Gasteiger partial charge in [-0.2, -0.15) is 0 Å². The Morgan fingerprint density at radius 3 is 2.36 bits per heavy atom. The maximum Gasteiger partial charge on any atom is 0.294 e. The van der Waals surface area contributed by atoms with E-state index in [0.717, 1.165) is 29.9 Å². The van der Waals surface area contributed by atoms with Crippen LogP contribution < -0.4 is 14.5 Å². The minimum atomic E-state index is -0.840. The molecule has 0 fully saturated rings. The van der Waals surface area contributed by atoms with Crippen LogP contribution in [0.1, 0.15) is 47.1 Å². The van der Waals surface area contributed by atoms with Crippen LogP contribution in [-0.4, -0.2) is 37.0 Å². The fourth-order valence-electron chi connectivity index (χ4n) is 5.19. The van der Waals surface area contributed by atoms with Gasteiger partial charge >= 0.3 is 0 Å². The summed E-state index contributed by atoms with van der Waals surface area (Å²) in [5, 5.41) is 11.9. The highest BCUT2D eigenvalue weighted by Crippen LogP contribution is 2.43. The van der Waals surface area contributed by atoms with E-state index in [2.05, 4.69) is 18.7 Å². The first-order valence-electron chi connectivity index (χ1n) is 13.1. The maximum absolute atomic E-state index is 14.0. The number of ketones is 1. The predicted octanol–water partition coefficient (Wildman–Crippen LogP) is 6.69. The molecule has 0 saturated carbocycles. The standard InChI is InChI=1S/C32H32N2O5/c1-6-33(7-2)23-15-12-21(13-16-23)28-27(29(35)26-18-22-9-8-10-25(38-5)31(22)39-26)30(36)32(37)34(28)24-14-11-19(3)20(4)17-24/h8-18,28,36H,6-7H2,1-5H3. The number of amides is 1. The van der Waals surface area contributed by atoms with Crippen LogP contribution in [0.15, 0.2) is 82.5 Å². The molecule has 1 amide bonds. The Balaban J connectivity index is 1.64. The number of methoxy groups -OCH3 is 1. The number of aliphatic hydroxyl groups excluding tert-OH is 1. The number of anilines is 2. The van der Waals surface area contributed by atoms with E-state index < -0.39 is 23.5 Å². The predicted molar refractivity (Wildman–Crippen MR) is 153 cm³/mol. The van der Waals surface area contributed by atoms with Crippen LogP contribution in [0.5, 0.6) is 5.75 Å². The minimum absolute atomic E-state index is 0.0214. The number of hydrogen-bond donors (Lipinski definition) is 1. The van der Waals surface area contributed by atoms with Crippen LogP contribution >= 0.6 is 0 Å². The van der Waals surface area contributed by atoms with Crippen LogP contribution in [0, 0.1) is 13.8 Å². The molecule has 0 radical (unpaired) electrons. The lowest BCUT2D eigenvalue weighted by atomic mass is 9.94. The second-order valence-corrected chi connectivity index (χ2v) is 9.69. The number of Topliss-reactive ketones (excluding diaryl/α,β-unsaturated/α-hetero) is 1. The molecule has 1 aliphatic rings. The lowest BCUT2D eigenvalue weighted by molar-refractivity contribution is -0.117. The number of carbonyl (C=O) groups is 2. The Morgan fingerprint density at radius 2 is 1.72 bits per heavy atom. The number of ether oxygens (including phenoxy) is 1. The number of para-hydroxylation sites is 1. The van der Waals surface area contributed by atoms with Crippen molar-refractivity contribution >= 4 is 34.0 Å². The smallest absolute Gasteiger partial charge is 0.294 e. The first kappa shape index (κ1) is 26.1. The van der Waals surface area contributed by atoms with E-state index in [9.17, 15) is 14.7 Å². The van der Waals surface area contributed by atoms with Gasteiger partial charge in [-0.15, -0.1) is 0 Å². The Hall–Kier alpha value is -4.52. The molecule has 39 heavy (non-hydrogen) atoms. The van der Waals surface area contributed by atoms with E-state index in [1.165, 1.54) is 12.0 Å². The summed E-state index contributed by atoms with van der Waals surface area (Å²) in [6, 6.07) is 19.6. The van der Waals surface area contributed by atoms with E-state index >= 15 is 0 Å². The summed E-state index contributed by atoms with van der Waals surface area (Å²) in [5.41, 5.74) is 4.83. The van der Waals surface area contributed by atoms with E-state index in [1.54, 1.807) is 12.1 Å². The number of hydrogen-bond acceptors (Lipinski definition) is 6. The summed E-state index contributed by atoms with van der Waals surface area (Å²) in [6.07, 6.45) is 0. The molecular weight excluding hydrogens is 492 g/mol. The van der Waals surface area contributed by atoms with Gasteiger partial charge in [-0.1, -0.05) is 30.3 Å². The SMILES string of the molecule is CCN(CC)c1ccc(C2C(C(=O)c3cc4cccc(OC)c4o3)=C(O)C(=O)N2c2ccc(C)c(C)c2)cc1. The topological polar surface area (TPSA) is 83.2 Å². The van der Waals surface area contributed by atoms with Crippen molar-refractivity contribution in [1.29, 1.82) is 0 Å². The van der Waals surface area contributed by atoms with E-state index in [1.807, 2.05) is 68.4 Å². The molecule has 4 aromatic rings. The van der Waals surface area contributed by atoms with Crippen molar-refractivity contribution in [2.75, 3.05) is 30.0 Å². The average Bonchev–Trinajstić information content (AvgIpc) is 3.50. The Morgan fingerprint density at radius 1 is 1.00 bits per heavy atom. The third-order valence-electron chi connectivity index (χ3n) is 7.51. The second-order valence-electron chi connectivity index (χ2n) is 9.69. The molecule has 7 nitrogen and oxygen atoms in total. The fourth-order valence-corrected chi connectivity index (χ4v) is 5.19. The Bertz CT molecular complexity index is 1590. The molecule has 1 aromatic heterocycles. The van der Waals surface area contributed by atoms with Crippen molar-refractivity contribution in [1.82, 2.24) is 0 Å². The molecule has 0 bridgehead atoms. The third kappa shape index (κ3) is 4.44. The number of aliphatic hydroxyl groups is 1. The molecule has 7 heteroatoms. The van der Waals surface area contributed by atoms with Gasteiger partial charge in [-0.25, -0.2) is 0 Å². The summed E-state index contributed by atoms with van der Waals surface area (Å²) in [4.78, 5) is 31.3. The van der Waals surface area contributed by atoms with Crippen molar-refractivity contribution in [3.8, 4) is 5.75 Å². The van der Waals surface area contributed by atoms with Gasteiger partial charge in [0.15, 0.2) is 22.9 Å². The molecule has 1 unspecified atom stereocenters. The van der Waals surface area contributed by atoms with Crippen LogP contribution in [-0.2, 0) is 4.79 Å². The van der Waals surface area contributed by atoms with E-state index in [-0.39, 0.29) is 11.3 Å². The van der Waals surface area contributed by atoms with E-state index in [4.69, 9.17) is 9.15 Å². The summed E-state index contributed by atoms with van der Waals surface area (Å²) in [6.45, 7) is 9.85. The van der Waals surface area contributed by atoms with Gasteiger partial charge in [0, 0.05) is 29.9 Å². The fraction of sp³-hybridized carbons (Fsp3) is 0.250. The van der Waals surface area contributed by atoms with Crippen LogP contribution in [0.2, 0.25) is 0 Å². The Kier molecular flexibility index (Phi) is 6.91. The number of furan rings is 1. The van der Waals surface area contributed by atoms with Crippen molar-refractivity contribution in [3.63, 3.8) is 0 Å². The van der Waals surface area contributed by atoms with Crippen LogP contribution in [0.25, 0.3) is 11.0 Å². The van der Waals surface area contributed by atoms with Gasteiger partial charge in [-0.05, 0) is 80.8 Å². The van der Waals surface area contributed by atoms with Crippen molar-refractivity contribution in [3.05, 3.63) is 101 Å². The monoisotopic (exact) mass is 524 g/mol. The number of aryl methyl sites for hydroxylation is 2. The lowest BCUT2D eigenvalue weighted by Gasteiger charge is -2.28. The lowest BCUT2D eigenvalue weighted by Crippen LogP contribution is -2.31. The van der Waals surface area contributed by atoms with Gasteiger partial charge < -0.3 is 19.2 Å². The zero-order valence-corrected chi connectivity index (χ0v) is 22.8. The zero-order chi connectivity index (χ0) is 27.8. The first-order chi connectivity index (χ1) is 18.8. The maximum atomic E-state index is 14.0. The molecule has 1 atom stereocenters. The van der Waals surface area contributed by atoms with Crippen molar-refractivity contribution < 1.29 is 23.8 Å². The molecule has 0 saturated heterocycles. The van der Waals surface area contributed by atoms with Gasteiger partial charge in [0.05, 0.1) is 18.7 Å². The molecule has 5 rings (SSSR count). The van der Waals surface area contributed by atoms with Gasteiger partial charge in [0.1, 0.15) is 0 Å². The Labute approximate surface area is 227 Å². The van der Waals surface area contributed by atoms with Gasteiger partial charge in [0.2, 0.25) is 5.78 Å². The molecule has 200 valence electrons. The van der Waals surface area contributed by atoms with Gasteiger partial charge in [-0.3, -0.25) is 14.5 Å². The number of benzene rings is 3.